The fourth-order valence-electron chi connectivity index (χ4n) is 4.00. The molecule has 1 aliphatic heterocycles. The van der Waals surface area contributed by atoms with Gasteiger partial charge in [-0.3, -0.25) is 14.9 Å². The highest BCUT2D eigenvalue weighted by Gasteiger charge is 2.25. The van der Waals surface area contributed by atoms with Crippen molar-refractivity contribution in [2.24, 2.45) is 4.99 Å². The molecule has 1 saturated heterocycles. The second-order valence-corrected chi connectivity index (χ2v) is 9.97. The lowest BCUT2D eigenvalue weighted by molar-refractivity contribution is -0.384. The molecule has 0 bridgehead atoms. The van der Waals surface area contributed by atoms with Gasteiger partial charge in [0.05, 0.1) is 34.4 Å². The largest absolute Gasteiger partial charge is 0.494 e. The van der Waals surface area contributed by atoms with E-state index in [-0.39, 0.29) is 11.6 Å². The average Bonchev–Trinajstić information content (AvgIpc) is 3.28. The average molecular weight is 555 g/mol. The third-order valence-corrected chi connectivity index (χ3v) is 7.84. The molecule has 0 aliphatic carbocycles. The first-order valence-corrected chi connectivity index (χ1v) is 12.3. The lowest BCUT2D eigenvalue weighted by atomic mass is 10.1. The van der Waals surface area contributed by atoms with Crippen LogP contribution in [0, 0.1) is 37.8 Å². The molecule has 1 aliphatic rings. The van der Waals surface area contributed by atoms with Crippen molar-refractivity contribution < 1.29 is 14.5 Å². The number of nitrogens with zero attached hydrogens (tertiary/aromatic N) is 3. The van der Waals surface area contributed by atoms with Crippen LogP contribution in [-0.4, -0.2) is 27.7 Å². The van der Waals surface area contributed by atoms with Gasteiger partial charge < -0.3 is 14.6 Å². The highest BCUT2D eigenvalue weighted by molar-refractivity contribution is 9.10. The Balaban J connectivity index is 1.67. The molecular formula is C25H23BrN4O4S. The van der Waals surface area contributed by atoms with E-state index in [2.05, 4.69) is 26.2 Å². The predicted molar refractivity (Wildman–Crippen MR) is 143 cm³/mol. The molecule has 1 aromatic heterocycles. The second-order valence-electron chi connectivity index (χ2n) is 8.15. The Kier molecular flexibility index (Phi) is 6.86. The molecule has 0 spiro atoms. The number of hydrogen-bond donors (Lipinski definition) is 1. The van der Waals surface area contributed by atoms with Gasteiger partial charge in [0.25, 0.3) is 11.6 Å². The van der Waals surface area contributed by atoms with Gasteiger partial charge in [-0.1, -0.05) is 15.9 Å². The van der Waals surface area contributed by atoms with Gasteiger partial charge in [0, 0.05) is 21.9 Å². The molecule has 2 heterocycles. The number of non-ortho nitro benzene ring substituents is 1. The van der Waals surface area contributed by atoms with E-state index < -0.39 is 4.92 Å². The van der Waals surface area contributed by atoms with E-state index in [0.717, 1.165) is 38.2 Å². The lowest BCUT2D eigenvalue weighted by Crippen LogP contribution is -2.19. The van der Waals surface area contributed by atoms with Crippen LogP contribution in [-0.2, 0) is 4.79 Å². The van der Waals surface area contributed by atoms with Gasteiger partial charge in [-0.15, -0.1) is 0 Å². The summed E-state index contributed by atoms with van der Waals surface area (Å²) in [6.45, 7) is 7.87. The van der Waals surface area contributed by atoms with E-state index in [9.17, 15) is 14.9 Å². The number of nitro groups is 1. The maximum Gasteiger partial charge on any atom is 0.273 e. The van der Waals surface area contributed by atoms with Crippen molar-refractivity contribution in [2.45, 2.75) is 27.7 Å². The van der Waals surface area contributed by atoms with Crippen LogP contribution in [0.2, 0.25) is 0 Å². The molecule has 0 radical (unpaired) electrons. The molecular weight excluding hydrogens is 532 g/mol. The van der Waals surface area contributed by atoms with Gasteiger partial charge in [-0.2, -0.15) is 0 Å². The van der Waals surface area contributed by atoms with E-state index in [1.807, 2.05) is 56.5 Å². The molecule has 1 amide bonds. The van der Waals surface area contributed by atoms with Crippen LogP contribution in [0.25, 0.3) is 11.8 Å². The van der Waals surface area contributed by atoms with Crippen LogP contribution >= 0.6 is 27.7 Å². The van der Waals surface area contributed by atoms with E-state index in [1.165, 1.54) is 31.0 Å². The Morgan fingerprint density at radius 1 is 1.14 bits per heavy atom. The van der Waals surface area contributed by atoms with Crippen LogP contribution in [0.3, 0.4) is 0 Å². The summed E-state index contributed by atoms with van der Waals surface area (Å²) in [5.41, 5.74) is 6.20. The molecule has 3 aromatic rings. The van der Waals surface area contributed by atoms with E-state index in [0.29, 0.717) is 21.5 Å². The summed E-state index contributed by atoms with van der Waals surface area (Å²) in [4.78, 5) is 28.5. The zero-order chi connectivity index (χ0) is 25.4. The van der Waals surface area contributed by atoms with Crippen molar-refractivity contribution in [1.82, 2.24) is 9.88 Å². The molecule has 10 heteroatoms. The quantitative estimate of drug-likeness (QED) is 0.227. The maximum atomic E-state index is 12.7. The third-order valence-electron chi connectivity index (χ3n) is 5.67. The Morgan fingerprint density at radius 3 is 2.46 bits per heavy atom. The summed E-state index contributed by atoms with van der Waals surface area (Å²) in [7, 11) is 1.48. The third kappa shape index (κ3) is 4.89. The number of thioether (sulfide) groups is 1. The molecule has 1 N–H and O–H groups in total. The van der Waals surface area contributed by atoms with Crippen molar-refractivity contribution in [2.75, 3.05) is 7.11 Å². The number of amidine groups is 1. The number of nitrogens with one attached hydrogen (secondary N) is 1. The molecule has 0 unspecified atom stereocenters. The van der Waals surface area contributed by atoms with Gasteiger partial charge in [0.15, 0.2) is 5.17 Å². The molecule has 0 saturated carbocycles. The minimum atomic E-state index is -0.455. The van der Waals surface area contributed by atoms with E-state index >= 15 is 0 Å². The number of aliphatic imine (C=N–C) groups is 1. The van der Waals surface area contributed by atoms with Crippen molar-refractivity contribution in [3.8, 4) is 11.4 Å². The van der Waals surface area contributed by atoms with Gasteiger partial charge >= 0.3 is 0 Å². The fraction of sp³-hybridized carbons (Fsp3) is 0.200. The highest BCUT2D eigenvalue weighted by atomic mass is 79.9. The summed E-state index contributed by atoms with van der Waals surface area (Å²) in [5, 5.41) is 14.5. The first-order valence-electron chi connectivity index (χ1n) is 10.7. The van der Waals surface area contributed by atoms with Crippen molar-refractivity contribution in [3.63, 3.8) is 0 Å². The maximum absolute atomic E-state index is 12.7. The van der Waals surface area contributed by atoms with Crippen molar-refractivity contribution in [3.05, 3.63) is 84.0 Å². The van der Waals surface area contributed by atoms with Crippen LogP contribution in [0.15, 0.2) is 50.8 Å². The first-order chi connectivity index (χ1) is 16.6. The smallest absolute Gasteiger partial charge is 0.273 e. The number of ether oxygens (including phenoxy) is 1. The van der Waals surface area contributed by atoms with Gasteiger partial charge in [0.2, 0.25) is 0 Å². The lowest BCUT2D eigenvalue weighted by Gasteiger charge is -2.13. The second kappa shape index (κ2) is 9.71. The Labute approximate surface area is 215 Å². The Morgan fingerprint density at radius 2 is 1.83 bits per heavy atom. The van der Waals surface area contributed by atoms with Gasteiger partial charge in [-0.05, 0) is 86.5 Å². The number of hydrogen-bond acceptors (Lipinski definition) is 6. The zero-order valence-corrected chi connectivity index (χ0v) is 22.2. The van der Waals surface area contributed by atoms with Crippen molar-refractivity contribution in [1.29, 1.82) is 0 Å². The number of aromatic nitrogens is 1. The van der Waals surface area contributed by atoms with Crippen molar-refractivity contribution >= 4 is 56.2 Å². The van der Waals surface area contributed by atoms with E-state index in [1.54, 1.807) is 6.07 Å². The first kappa shape index (κ1) is 24.7. The summed E-state index contributed by atoms with van der Waals surface area (Å²) < 4.78 is 8.43. The predicted octanol–water partition coefficient (Wildman–Crippen LogP) is 6.28. The molecule has 180 valence electrons. The van der Waals surface area contributed by atoms with Crippen LogP contribution in [0.4, 0.5) is 11.4 Å². The topological polar surface area (TPSA) is 98.8 Å². The summed E-state index contributed by atoms with van der Waals surface area (Å²) in [5.74, 6) is 0.180. The minimum Gasteiger partial charge on any atom is -0.494 e. The number of nitro benzene ring substituents is 1. The Bertz CT molecular complexity index is 1420. The van der Waals surface area contributed by atoms with E-state index in [4.69, 9.17) is 4.74 Å². The molecule has 35 heavy (non-hydrogen) atoms. The SMILES string of the molecule is COc1cc([N+](=O)[O-])ccc1-n1c(C)cc(/C=C2\SC(=Nc3cc(C)c(Br)c(C)c3)NC2=O)c1C. The number of amides is 1. The number of aryl methyl sites for hydroxylation is 3. The fourth-order valence-corrected chi connectivity index (χ4v) is 5.06. The van der Waals surface area contributed by atoms with Crippen LogP contribution < -0.4 is 10.1 Å². The summed E-state index contributed by atoms with van der Waals surface area (Å²) in [6.07, 6.45) is 1.83. The number of carbonyl (C=O) groups excluding carboxylic acids is 1. The monoisotopic (exact) mass is 554 g/mol. The summed E-state index contributed by atoms with van der Waals surface area (Å²) in [6, 6.07) is 10.4. The molecule has 1 fully saturated rings. The summed E-state index contributed by atoms with van der Waals surface area (Å²) >= 11 is 4.85. The normalized spacial score (nSPS) is 15.7. The Hall–Kier alpha value is -3.37. The van der Waals surface area contributed by atoms with Gasteiger partial charge in [0.1, 0.15) is 5.75 Å². The number of methoxy groups -OCH3 is 1. The number of halogens is 1. The van der Waals surface area contributed by atoms with Gasteiger partial charge in [-0.25, -0.2) is 4.99 Å². The molecule has 2 aromatic carbocycles. The number of benzene rings is 2. The van der Waals surface area contributed by atoms with Crippen LogP contribution in [0.1, 0.15) is 28.1 Å². The molecule has 4 rings (SSSR count). The number of carbonyl (C=O) groups is 1. The highest BCUT2D eigenvalue weighted by Crippen LogP contribution is 2.34. The molecule has 0 atom stereocenters. The number of rotatable bonds is 5. The zero-order valence-electron chi connectivity index (χ0n) is 19.8. The standard InChI is InChI=1S/C25H23BrN4O4S/c1-13-8-18(9-14(2)23(13)26)27-25-28-24(31)22(35-25)11-17-10-15(3)29(16(17)4)20-7-6-19(30(32)33)12-21(20)34-5/h6-12H,1-5H3,(H,27,28,31)/b22-11-. The minimum absolute atomic E-state index is 0.0441. The molecule has 8 nitrogen and oxygen atoms in total. The van der Waals surface area contributed by atoms with Crippen LogP contribution in [0.5, 0.6) is 5.75 Å².